The van der Waals surface area contributed by atoms with Crippen LogP contribution in [0.5, 0.6) is 0 Å². The van der Waals surface area contributed by atoms with Crippen molar-refractivity contribution in [2.24, 2.45) is 11.7 Å². The van der Waals surface area contributed by atoms with Gasteiger partial charge in [0.1, 0.15) is 12.1 Å². The molecule has 198 valence electrons. The molecule has 36 heavy (non-hydrogen) atoms. The number of benzene rings is 1. The van der Waals surface area contributed by atoms with Gasteiger partial charge < -0.3 is 42.0 Å². The van der Waals surface area contributed by atoms with E-state index in [0.717, 1.165) is 10.9 Å². The molecule has 1 aromatic carbocycles. The van der Waals surface area contributed by atoms with Crippen molar-refractivity contribution in [3.63, 3.8) is 0 Å². The number of aromatic nitrogens is 1. The SMILES string of the molecule is CC(C)CC(N)C(=O)NC(CO)C(=O)NC(Cc1c[nH]c2ccccc12)C(=O)NC(C(=O)O)C(C)O. The molecule has 5 atom stereocenters. The Labute approximate surface area is 208 Å². The standard InChI is InChI=1S/C24H35N5O7/c1-12(2)8-16(25)21(32)28-19(11-30)23(34)27-18(22(33)29-20(13(3)31)24(35)36)9-14-10-26-17-7-5-4-6-15(14)17/h4-7,10,12-13,16,18-20,26,30-31H,8-9,11,25H2,1-3H3,(H,27,34)(H,28,32)(H,29,33)(H,35,36). The number of carboxylic acid groups (broad SMARTS) is 1. The molecule has 12 heteroatoms. The van der Waals surface area contributed by atoms with Gasteiger partial charge in [0.2, 0.25) is 17.7 Å². The predicted octanol–water partition coefficient (Wildman–Crippen LogP) is -1.00. The maximum absolute atomic E-state index is 13.0. The van der Waals surface area contributed by atoms with Gasteiger partial charge in [-0.25, -0.2) is 4.79 Å². The smallest absolute Gasteiger partial charge is 0.328 e. The molecule has 0 radical (unpaired) electrons. The van der Waals surface area contributed by atoms with E-state index in [1.54, 1.807) is 12.3 Å². The molecule has 0 saturated heterocycles. The van der Waals surface area contributed by atoms with Crippen LogP contribution < -0.4 is 21.7 Å². The number of rotatable bonds is 13. The fourth-order valence-corrected chi connectivity index (χ4v) is 3.73. The van der Waals surface area contributed by atoms with Crippen LogP contribution in [-0.2, 0) is 25.6 Å². The Hall–Kier alpha value is -3.48. The van der Waals surface area contributed by atoms with Crippen LogP contribution in [0.1, 0.15) is 32.8 Å². The van der Waals surface area contributed by atoms with Gasteiger partial charge in [0.25, 0.3) is 0 Å². The first-order valence-corrected chi connectivity index (χ1v) is 11.7. The molecule has 0 aliphatic carbocycles. The van der Waals surface area contributed by atoms with Gasteiger partial charge >= 0.3 is 5.97 Å². The number of aromatic amines is 1. The molecule has 0 bridgehead atoms. The van der Waals surface area contributed by atoms with Gasteiger partial charge in [-0.3, -0.25) is 14.4 Å². The molecule has 9 N–H and O–H groups in total. The minimum Gasteiger partial charge on any atom is -0.480 e. The van der Waals surface area contributed by atoms with E-state index in [4.69, 9.17) is 5.73 Å². The lowest BCUT2D eigenvalue weighted by Crippen LogP contribution is -2.59. The topological polar surface area (TPSA) is 207 Å². The fraction of sp³-hybridized carbons (Fsp3) is 0.500. The van der Waals surface area contributed by atoms with Gasteiger partial charge in [-0.15, -0.1) is 0 Å². The number of aliphatic hydroxyl groups is 2. The Morgan fingerprint density at radius 3 is 2.17 bits per heavy atom. The quantitative estimate of drug-likeness (QED) is 0.169. The van der Waals surface area contributed by atoms with Crippen molar-refractivity contribution in [3.8, 4) is 0 Å². The van der Waals surface area contributed by atoms with Crippen LogP contribution in [0.2, 0.25) is 0 Å². The number of carboxylic acids is 1. The Morgan fingerprint density at radius 1 is 0.972 bits per heavy atom. The molecule has 1 heterocycles. The van der Waals surface area contributed by atoms with Crippen molar-refractivity contribution < 1.29 is 34.5 Å². The lowest BCUT2D eigenvalue weighted by Gasteiger charge is -2.25. The highest BCUT2D eigenvalue weighted by atomic mass is 16.4. The van der Waals surface area contributed by atoms with E-state index in [2.05, 4.69) is 20.9 Å². The van der Waals surface area contributed by atoms with E-state index >= 15 is 0 Å². The summed E-state index contributed by atoms with van der Waals surface area (Å²) in [6.45, 7) is 4.23. The van der Waals surface area contributed by atoms with Crippen LogP contribution in [-0.4, -0.2) is 80.9 Å². The van der Waals surface area contributed by atoms with Crippen molar-refractivity contribution in [3.05, 3.63) is 36.0 Å². The normalized spacial score (nSPS) is 15.5. The number of hydrogen-bond donors (Lipinski definition) is 8. The highest BCUT2D eigenvalue weighted by Gasteiger charge is 2.32. The highest BCUT2D eigenvalue weighted by Crippen LogP contribution is 2.19. The monoisotopic (exact) mass is 505 g/mol. The summed E-state index contributed by atoms with van der Waals surface area (Å²) in [6, 6.07) is 2.11. The lowest BCUT2D eigenvalue weighted by atomic mass is 10.0. The number of nitrogens with one attached hydrogen (secondary N) is 4. The van der Waals surface area contributed by atoms with Crippen molar-refractivity contribution in [1.29, 1.82) is 0 Å². The second-order valence-electron chi connectivity index (χ2n) is 9.17. The lowest BCUT2D eigenvalue weighted by molar-refractivity contribution is -0.145. The van der Waals surface area contributed by atoms with E-state index in [-0.39, 0.29) is 12.3 Å². The molecule has 0 aliphatic rings. The maximum atomic E-state index is 13.0. The molecular formula is C24H35N5O7. The summed E-state index contributed by atoms with van der Waals surface area (Å²) >= 11 is 0. The third-order valence-corrected chi connectivity index (χ3v) is 5.66. The first kappa shape index (κ1) is 28.8. The predicted molar refractivity (Wildman–Crippen MR) is 132 cm³/mol. The molecule has 0 spiro atoms. The summed E-state index contributed by atoms with van der Waals surface area (Å²) in [5, 5.41) is 36.7. The van der Waals surface area contributed by atoms with E-state index < -0.39 is 60.6 Å². The first-order chi connectivity index (χ1) is 16.9. The van der Waals surface area contributed by atoms with Gasteiger partial charge in [-0.2, -0.15) is 0 Å². The van der Waals surface area contributed by atoms with E-state index in [9.17, 15) is 34.5 Å². The Morgan fingerprint density at radius 2 is 1.58 bits per heavy atom. The number of aliphatic carboxylic acids is 1. The van der Waals surface area contributed by atoms with Crippen molar-refractivity contribution >= 4 is 34.6 Å². The second kappa shape index (κ2) is 13.0. The number of aliphatic hydroxyl groups excluding tert-OH is 2. The molecule has 3 amide bonds. The minimum absolute atomic E-state index is 0.0350. The summed E-state index contributed by atoms with van der Waals surface area (Å²) in [7, 11) is 0. The van der Waals surface area contributed by atoms with Crippen molar-refractivity contribution in [2.45, 2.75) is 63.9 Å². The Bertz CT molecular complexity index is 1070. The summed E-state index contributed by atoms with van der Waals surface area (Å²) in [5.41, 5.74) is 7.31. The van der Waals surface area contributed by atoms with Gasteiger partial charge in [-0.1, -0.05) is 32.0 Å². The van der Waals surface area contributed by atoms with Crippen LogP contribution in [0.25, 0.3) is 10.9 Å². The Balaban J connectivity index is 2.25. The number of para-hydroxylation sites is 1. The second-order valence-corrected chi connectivity index (χ2v) is 9.17. The largest absolute Gasteiger partial charge is 0.480 e. The summed E-state index contributed by atoms with van der Waals surface area (Å²) in [6.07, 6.45) is 0.596. The number of fused-ring (bicyclic) bond motifs is 1. The van der Waals surface area contributed by atoms with Crippen LogP contribution >= 0.6 is 0 Å². The van der Waals surface area contributed by atoms with Gasteiger partial charge in [-0.05, 0) is 30.9 Å². The third-order valence-electron chi connectivity index (χ3n) is 5.66. The van der Waals surface area contributed by atoms with Crippen LogP contribution in [0.15, 0.2) is 30.5 Å². The first-order valence-electron chi connectivity index (χ1n) is 11.7. The average Bonchev–Trinajstić information content (AvgIpc) is 3.21. The van der Waals surface area contributed by atoms with Gasteiger partial charge in [0.15, 0.2) is 6.04 Å². The molecule has 2 rings (SSSR count). The maximum Gasteiger partial charge on any atom is 0.328 e. The molecule has 12 nitrogen and oxygen atoms in total. The number of H-pyrrole nitrogens is 1. The number of amides is 3. The zero-order valence-electron chi connectivity index (χ0n) is 20.5. The van der Waals surface area contributed by atoms with Crippen LogP contribution in [0.4, 0.5) is 0 Å². The van der Waals surface area contributed by atoms with Crippen LogP contribution in [0.3, 0.4) is 0 Å². The number of carbonyl (C=O) groups is 4. The van der Waals surface area contributed by atoms with Gasteiger partial charge in [0.05, 0.1) is 18.8 Å². The molecule has 1 aromatic heterocycles. The molecular weight excluding hydrogens is 470 g/mol. The minimum atomic E-state index is -1.61. The summed E-state index contributed by atoms with van der Waals surface area (Å²) in [5.74, 6) is -3.66. The average molecular weight is 506 g/mol. The van der Waals surface area contributed by atoms with E-state index in [0.29, 0.717) is 12.0 Å². The van der Waals surface area contributed by atoms with Gasteiger partial charge in [0, 0.05) is 23.5 Å². The van der Waals surface area contributed by atoms with Crippen molar-refractivity contribution in [2.75, 3.05) is 6.61 Å². The molecule has 0 fully saturated rings. The van der Waals surface area contributed by atoms with Crippen molar-refractivity contribution in [1.82, 2.24) is 20.9 Å². The number of carbonyl (C=O) groups excluding carboxylic acids is 3. The highest BCUT2D eigenvalue weighted by molar-refractivity contribution is 5.95. The third kappa shape index (κ3) is 7.77. The number of hydrogen-bond acceptors (Lipinski definition) is 7. The Kier molecular flexibility index (Phi) is 10.4. The zero-order chi connectivity index (χ0) is 27.0. The number of nitrogens with two attached hydrogens (primary N) is 1. The molecule has 5 unspecified atom stereocenters. The van der Waals surface area contributed by atoms with Crippen LogP contribution in [0, 0.1) is 5.92 Å². The summed E-state index contributed by atoms with van der Waals surface area (Å²) < 4.78 is 0. The molecule has 2 aromatic rings. The zero-order valence-corrected chi connectivity index (χ0v) is 20.5. The van der Waals surface area contributed by atoms with E-state index in [1.165, 1.54) is 6.92 Å². The molecule has 0 saturated carbocycles. The summed E-state index contributed by atoms with van der Waals surface area (Å²) in [4.78, 5) is 52.9. The molecule has 0 aliphatic heterocycles. The van der Waals surface area contributed by atoms with E-state index in [1.807, 2.05) is 32.0 Å². The fourth-order valence-electron chi connectivity index (χ4n) is 3.73.